The number of methoxy groups -OCH3 is 1. The first-order valence-corrected chi connectivity index (χ1v) is 9.29. The minimum Gasteiger partial charge on any atom is -0.497 e. The smallest absolute Gasteiger partial charge is 0.191 e. The summed E-state index contributed by atoms with van der Waals surface area (Å²) >= 11 is 1.54. The average molecular weight is 373 g/mol. The maximum Gasteiger partial charge on any atom is 0.191 e. The van der Waals surface area contributed by atoms with E-state index in [1.807, 2.05) is 35.8 Å². The molecule has 0 aliphatic carbocycles. The first kappa shape index (κ1) is 18.3. The molecule has 0 aliphatic rings. The summed E-state index contributed by atoms with van der Waals surface area (Å²) in [6.07, 6.45) is 0. The normalized spacial score (nSPS) is 10.7. The number of halogens is 1. The molecule has 0 atom stereocenters. The lowest BCUT2D eigenvalue weighted by Gasteiger charge is -2.09. The maximum absolute atomic E-state index is 14.0. The zero-order valence-electron chi connectivity index (χ0n) is 14.7. The lowest BCUT2D eigenvalue weighted by molar-refractivity contribution is 0.342. The van der Waals surface area contributed by atoms with E-state index in [-0.39, 0.29) is 5.82 Å². The molecule has 5 nitrogen and oxygen atoms in total. The molecule has 0 aliphatic heterocycles. The minimum absolute atomic E-state index is 0.297. The van der Waals surface area contributed by atoms with E-state index < -0.39 is 0 Å². The summed E-state index contributed by atoms with van der Waals surface area (Å²) in [7, 11) is 1.63. The number of rotatable bonds is 8. The Hall–Kier alpha value is -2.54. The molecule has 1 heterocycles. The van der Waals surface area contributed by atoms with Gasteiger partial charge in [-0.15, -0.1) is 10.2 Å². The molecule has 0 saturated heterocycles. The van der Waals surface area contributed by atoms with Crippen molar-refractivity contribution in [2.24, 2.45) is 0 Å². The molecule has 136 valence electrons. The Labute approximate surface area is 156 Å². The molecule has 0 unspecified atom stereocenters. The van der Waals surface area contributed by atoms with E-state index in [0.717, 1.165) is 16.7 Å². The summed E-state index contributed by atoms with van der Waals surface area (Å²) in [5.74, 6) is 2.54. The van der Waals surface area contributed by atoms with Crippen molar-refractivity contribution in [1.82, 2.24) is 14.8 Å². The first-order chi connectivity index (χ1) is 12.7. The first-order valence-electron chi connectivity index (χ1n) is 8.30. The van der Waals surface area contributed by atoms with Crippen LogP contribution < -0.4 is 9.47 Å². The van der Waals surface area contributed by atoms with Gasteiger partial charge >= 0.3 is 0 Å². The molecule has 3 rings (SSSR count). The molecule has 0 N–H and O–H groups in total. The third-order valence-electron chi connectivity index (χ3n) is 3.79. The molecule has 0 bridgehead atoms. The highest BCUT2D eigenvalue weighted by molar-refractivity contribution is 7.99. The molecule has 1 aromatic heterocycles. The van der Waals surface area contributed by atoms with Crippen molar-refractivity contribution < 1.29 is 13.9 Å². The zero-order valence-corrected chi connectivity index (χ0v) is 15.5. The molecular weight excluding hydrogens is 353 g/mol. The van der Waals surface area contributed by atoms with E-state index >= 15 is 0 Å². The van der Waals surface area contributed by atoms with E-state index in [4.69, 9.17) is 9.47 Å². The lowest BCUT2D eigenvalue weighted by Crippen LogP contribution is -2.04. The summed E-state index contributed by atoms with van der Waals surface area (Å²) in [4.78, 5) is 0. The largest absolute Gasteiger partial charge is 0.497 e. The number of hydrogen-bond acceptors (Lipinski definition) is 5. The van der Waals surface area contributed by atoms with E-state index in [2.05, 4.69) is 10.2 Å². The fraction of sp³-hybridized carbons (Fsp3) is 0.263. The number of nitrogens with zero attached hydrogens (tertiary/aromatic N) is 3. The van der Waals surface area contributed by atoms with Crippen LogP contribution in [0.2, 0.25) is 0 Å². The van der Waals surface area contributed by atoms with Crippen LogP contribution in [0.1, 0.15) is 6.92 Å². The Balaban J connectivity index is 1.61. The monoisotopic (exact) mass is 373 g/mol. The maximum atomic E-state index is 14.0. The summed E-state index contributed by atoms with van der Waals surface area (Å²) in [6.45, 7) is 3.19. The van der Waals surface area contributed by atoms with Crippen LogP contribution in [-0.2, 0) is 6.54 Å². The van der Waals surface area contributed by atoms with Crippen molar-refractivity contribution in [3.05, 3.63) is 54.3 Å². The van der Waals surface area contributed by atoms with Gasteiger partial charge in [-0.25, -0.2) is 4.39 Å². The Bertz CT molecular complexity index is 852. The zero-order chi connectivity index (χ0) is 18.4. The third kappa shape index (κ3) is 4.16. The van der Waals surface area contributed by atoms with Crippen molar-refractivity contribution in [3.8, 4) is 22.9 Å². The van der Waals surface area contributed by atoms with Crippen molar-refractivity contribution in [1.29, 1.82) is 0 Å². The van der Waals surface area contributed by atoms with Crippen LogP contribution in [0.25, 0.3) is 11.4 Å². The molecular formula is C19H20FN3O2S. The molecule has 7 heteroatoms. The second kappa shape index (κ2) is 8.71. The van der Waals surface area contributed by atoms with Crippen LogP contribution in [0.4, 0.5) is 4.39 Å². The van der Waals surface area contributed by atoms with E-state index in [0.29, 0.717) is 30.3 Å². The molecule has 2 aromatic carbocycles. The quantitative estimate of drug-likeness (QED) is 0.436. The highest BCUT2D eigenvalue weighted by Gasteiger charge is 2.15. The van der Waals surface area contributed by atoms with Crippen molar-refractivity contribution in [2.45, 2.75) is 18.6 Å². The molecule has 3 aromatic rings. The Kier molecular flexibility index (Phi) is 6.12. The standard InChI is InChI=1S/C19H20FN3O2S/c1-3-23-18(16-6-4-5-7-17(16)20)21-22-19(23)26-13-12-25-15-10-8-14(24-2)9-11-15/h4-11H,3,12-13H2,1-2H3. The Morgan fingerprint density at radius 3 is 2.46 bits per heavy atom. The number of benzene rings is 2. The highest BCUT2D eigenvalue weighted by Crippen LogP contribution is 2.26. The van der Waals surface area contributed by atoms with E-state index in [1.54, 1.807) is 25.3 Å². The van der Waals surface area contributed by atoms with Gasteiger partial charge in [0.15, 0.2) is 11.0 Å². The van der Waals surface area contributed by atoms with Crippen LogP contribution in [-0.4, -0.2) is 34.2 Å². The predicted octanol–water partition coefficient (Wildman–Crippen LogP) is 4.28. The van der Waals surface area contributed by atoms with Gasteiger partial charge in [-0.3, -0.25) is 0 Å². The third-order valence-corrected chi connectivity index (χ3v) is 4.72. The topological polar surface area (TPSA) is 49.2 Å². The second-order valence-electron chi connectivity index (χ2n) is 5.40. The van der Waals surface area contributed by atoms with Crippen LogP contribution >= 0.6 is 11.8 Å². The molecule has 0 radical (unpaired) electrons. The van der Waals surface area contributed by atoms with Gasteiger partial charge in [-0.05, 0) is 43.3 Å². The number of thioether (sulfide) groups is 1. The summed E-state index contributed by atoms with van der Waals surface area (Å²) in [5.41, 5.74) is 0.461. The van der Waals surface area contributed by atoms with Crippen LogP contribution in [0.5, 0.6) is 11.5 Å². The van der Waals surface area contributed by atoms with Crippen LogP contribution in [0.3, 0.4) is 0 Å². The van der Waals surface area contributed by atoms with Crippen molar-refractivity contribution in [2.75, 3.05) is 19.5 Å². The summed E-state index contributed by atoms with van der Waals surface area (Å²) in [5, 5.41) is 9.13. The average Bonchev–Trinajstić information content (AvgIpc) is 3.08. The SMILES string of the molecule is CCn1c(SCCOc2ccc(OC)cc2)nnc1-c1ccccc1F. The minimum atomic E-state index is -0.297. The van der Waals surface area contributed by atoms with Gasteiger partial charge in [0.05, 0.1) is 19.3 Å². The van der Waals surface area contributed by atoms with E-state index in [1.165, 1.54) is 17.8 Å². The molecule has 0 fully saturated rings. The molecule has 26 heavy (non-hydrogen) atoms. The van der Waals surface area contributed by atoms with Crippen molar-refractivity contribution >= 4 is 11.8 Å². The molecule has 0 spiro atoms. The lowest BCUT2D eigenvalue weighted by atomic mass is 10.2. The van der Waals surface area contributed by atoms with Gasteiger partial charge in [-0.2, -0.15) is 0 Å². The number of aromatic nitrogens is 3. The fourth-order valence-electron chi connectivity index (χ4n) is 2.49. The highest BCUT2D eigenvalue weighted by atomic mass is 32.2. The molecule has 0 saturated carbocycles. The predicted molar refractivity (Wildman–Crippen MR) is 100 cm³/mol. The number of ether oxygens (including phenoxy) is 2. The van der Waals surface area contributed by atoms with Gasteiger partial charge in [0.25, 0.3) is 0 Å². The Morgan fingerprint density at radius 2 is 1.77 bits per heavy atom. The molecule has 0 amide bonds. The van der Waals surface area contributed by atoms with E-state index in [9.17, 15) is 4.39 Å². The Morgan fingerprint density at radius 1 is 1.04 bits per heavy atom. The van der Waals surface area contributed by atoms with Gasteiger partial charge in [-0.1, -0.05) is 23.9 Å². The summed E-state index contributed by atoms with van der Waals surface area (Å²) in [6, 6.07) is 14.1. The number of hydrogen-bond donors (Lipinski definition) is 0. The summed E-state index contributed by atoms with van der Waals surface area (Å²) < 4.78 is 26.8. The van der Waals surface area contributed by atoms with Gasteiger partial charge < -0.3 is 14.0 Å². The van der Waals surface area contributed by atoms with Gasteiger partial charge in [0.1, 0.15) is 17.3 Å². The second-order valence-corrected chi connectivity index (χ2v) is 6.46. The van der Waals surface area contributed by atoms with Crippen LogP contribution in [0.15, 0.2) is 53.7 Å². The van der Waals surface area contributed by atoms with Gasteiger partial charge in [0, 0.05) is 12.3 Å². The van der Waals surface area contributed by atoms with Crippen molar-refractivity contribution in [3.63, 3.8) is 0 Å². The van der Waals surface area contributed by atoms with Gasteiger partial charge in [0.2, 0.25) is 0 Å². The fourth-order valence-corrected chi connectivity index (χ4v) is 3.31. The van der Waals surface area contributed by atoms with Crippen LogP contribution in [0, 0.1) is 5.82 Å².